The maximum atomic E-state index is 12.6. The van der Waals surface area contributed by atoms with Crippen LogP contribution in [0.15, 0.2) is 6.07 Å². The van der Waals surface area contributed by atoms with Crippen molar-refractivity contribution in [1.82, 2.24) is 19.6 Å². The minimum Gasteiger partial charge on any atom is -0.341 e. The lowest BCUT2D eigenvalue weighted by Crippen LogP contribution is -2.36. The molecule has 6 nitrogen and oxygen atoms in total. The third-order valence-corrected chi connectivity index (χ3v) is 3.88. The van der Waals surface area contributed by atoms with Crippen LogP contribution in [0.3, 0.4) is 0 Å². The smallest absolute Gasteiger partial charge is 0.272 e. The molecule has 0 radical (unpaired) electrons. The third-order valence-electron chi connectivity index (χ3n) is 3.88. The van der Waals surface area contributed by atoms with Gasteiger partial charge in [-0.2, -0.15) is 5.10 Å². The summed E-state index contributed by atoms with van der Waals surface area (Å²) in [6, 6.07) is 1.85. The molecule has 0 aliphatic carbocycles. The monoisotopic (exact) mass is 292 g/mol. The molecule has 1 aromatic heterocycles. The molecule has 116 valence electrons. The SMILES string of the molecule is CCCN1CCN(C(=O)c2cc(CC)nn2C)CCC1=O. The molecule has 0 spiro atoms. The van der Waals surface area contributed by atoms with E-state index in [1.165, 1.54) is 0 Å². The highest BCUT2D eigenvalue weighted by atomic mass is 16.2. The van der Waals surface area contributed by atoms with E-state index in [0.29, 0.717) is 31.7 Å². The molecular formula is C15H24N4O2. The van der Waals surface area contributed by atoms with Crippen LogP contribution in [0.2, 0.25) is 0 Å². The predicted molar refractivity (Wildman–Crippen MR) is 80.0 cm³/mol. The fourth-order valence-electron chi connectivity index (χ4n) is 2.64. The summed E-state index contributed by atoms with van der Waals surface area (Å²) in [5.74, 6) is 0.113. The molecule has 21 heavy (non-hydrogen) atoms. The zero-order valence-electron chi connectivity index (χ0n) is 13.1. The number of amides is 2. The number of carbonyl (C=O) groups excluding carboxylic acids is 2. The Balaban J connectivity index is 2.09. The number of carbonyl (C=O) groups is 2. The summed E-state index contributed by atoms with van der Waals surface area (Å²) in [7, 11) is 1.79. The molecule has 1 aliphatic rings. The maximum absolute atomic E-state index is 12.6. The van der Waals surface area contributed by atoms with Crippen molar-refractivity contribution in [3.63, 3.8) is 0 Å². The molecule has 2 heterocycles. The molecule has 1 aliphatic heterocycles. The number of hydrogen-bond acceptors (Lipinski definition) is 3. The van der Waals surface area contributed by atoms with Crippen molar-refractivity contribution >= 4 is 11.8 Å². The fraction of sp³-hybridized carbons (Fsp3) is 0.667. The summed E-state index contributed by atoms with van der Waals surface area (Å²) in [6.07, 6.45) is 2.16. The average molecular weight is 292 g/mol. The highest BCUT2D eigenvalue weighted by Gasteiger charge is 2.25. The first kappa shape index (κ1) is 15.5. The van der Waals surface area contributed by atoms with Crippen LogP contribution in [0.25, 0.3) is 0 Å². The Bertz CT molecular complexity index is 524. The first-order valence-corrected chi connectivity index (χ1v) is 7.66. The Morgan fingerprint density at radius 1 is 1.29 bits per heavy atom. The highest BCUT2D eigenvalue weighted by Crippen LogP contribution is 2.12. The van der Waals surface area contributed by atoms with Gasteiger partial charge in [0.05, 0.1) is 5.69 Å². The minimum absolute atomic E-state index is 0.0316. The van der Waals surface area contributed by atoms with Crippen LogP contribution < -0.4 is 0 Å². The summed E-state index contributed by atoms with van der Waals surface area (Å²) in [4.78, 5) is 28.2. The Morgan fingerprint density at radius 3 is 2.67 bits per heavy atom. The predicted octanol–water partition coefficient (Wildman–Crippen LogP) is 1.07. The van der Waals surface area contributed by atoms with E-state index in [1.54, 1.807) is 16.6 Å². The highest BCUT2D eigenvalue weighted by molar-refractivity contribution is 5.93. The number of aromatic nitrogens is 2. The summed E-state index contributed by atoms with van der Waals surface area (Å²) >= 11 is 0. The topological polar surface area (TPSA) is 58.4 Å². The lowest BCUT2D eigenvalue weighted by molar-refractivity contribution is -0.130. The zero-order chi connectivity index (χ0) is 15.4. The number of nitrogens with zero attached hydrogens (tertiary/aromatic N) is 4. The summed E-state index contributed by atoms with van der Waals surface area (Å²) < 4.78 is 1.64. The Labute approximate surface area is 125 Å². The van der Waals surface area contributed by atoms with Gasteiger partial charge in [0, 0.05) is 39.6 Å². The summed E-state index contributed by atoms with van der Waals surface area (Å²) in [5.41, 5.74) is 1.52. The van der Waals surface area contributed by atoms with Crippen LogP contribution >= 0.6 is 0 Å². The molecule has 1 fully saturated rings. The molecular weight excluding hydrogens is 268 g/mol. The van der Waals surface area contributed by atoms with Gasteiger partial charge in [-0.3, -0.25) is 14.3 Å². The molecule has 0 aromatic carbocycles. The van der Waals surface area contributed by atoms with Crippen molar-refractivity contribution < 1.29 is 9.59 Å². The first-order chi connectivity index (χ1) is 10.1. The van der Waals surface area contributed by atoms with Gasteiger partial charge in [0.25, 0.3) is 5.91 Å². The van der Waals surface area contributed by atoms with Crippen molar-refractivity contribution in [1.29, 1.82) is 0 Å². The van der Waals surface area contributed by atoms with Gasteiger partial charge in [0.1, 0.15) is 5.69 Å². The van der Waals surface area contributed by atoms with Gasteiger partial charge in [0.15, 0.2) is 0 Å². The van der Waals surface area contributed by atoms with Crippen LogP contribution in [0, 0.1) is 0 Å². The van der Waals surface area contributed by atoms with Crippen LogP contribution in [0.4, 0.5) is 0 Å². The Hall–Kier alpha value is -1.85. The molecule has 0 bridgehead atoms. The second kappa shape index (κ2) is 6.74. The first-order valence-electron chi connectivity index (χ1n) is 7.66. The van der Waals surface area contributed by atoms with Crippen molar-refractivity contribution in [2.24, 2.45) is 7.05 Å². The second-order valence-corrected chi connectivity index (χ2v) is 5.42. The van der Waals surface area contributed by atoms with E-state index in [0.717, 1.165) is 25.1 Å². The number of aryl methyl sites for hydroxylation is 2. The third kappa shape index (κ3) is 3.43. The van der Waals surface area contributed by atoms with Crippen LogP contribution in [0.5, 0.6) is 0 Å². The largest absolute Gasteiger partial charge is 0.341 e. The number of hydrogen-bond donors (Lipinski definition) is 0. The average Bonchev–Trinajstić information content (AvgIpc) is 2.76. The maximum Gasteiger partial charge on any atom is 0.272 e. The molecule has 0 saturated carbocycles. The van der Waals surface area contributed by atoms with Gasteiger partial charge < -0.3 is 9.80 Å². The van der Waals surface area contributed by atoms with Crippen LogP contribution in [-0.2, 0) is 18.3 Å². The van der Waals surface area contributed by atoms with Gasteiger partial charge in [-0.1, -0.05) is 13.8 Å². The van der Waals surface area contributed by atoms with Crippen LogP contribution in [0.1, 0.15) is 42.9 Å². The molecule has 2 amide bonds. The lowest BCUT2D eigenvalue weighted by Gasteiger charge is -2.21. The van der Waals surface area contributed by atoms with Gasteiger partial charge in [-0.05, 0) is 18.9 Å². The van der Waals surface area contributed by atoms with Gasteiger partial charge >= 0.3 is 0 Å². The van der Waals surface area contributed by atoms with Gasteiger partial charge in [0.2, 0.25) is 5.91 Å². The van der Waals surface area contributed by atoms with Gasteiger partial charge in [-0.25, -0.2) is 0 Å². The number of rotatable bonds is 4. The zero-order valence-corrected chi connectivity index (χ0v) is 13.1. The molecule has 0 atom stereocenters. The standard InChI is InChI=1S/C15H24N4O2/c1-4-7-18-9-10-19(8-6-14(18)20)15(21)13-11-12(5-2)16-17(13)3/h11H,4-10H2,1-3H3. The molecule has 1 saturated heterocycles. The molecule has 0 N–H and O–H groups in total. The van der Waals surface area contributed by atoms with Crippen LogP contribution in [-0.4, -0.2) is 57.6 Å². The van der Waals surface area contributed by atoms with E-state index in [2.05, 4.69) is 12.0 Å². The minimum atomic E-state index is -0.0316. The van der Waals surface area contributed by atoms with Crippen molar-refractivity contribution in [2.75, 3.05) is 26.2 Å². The fourth-order valence-corrected chi connectivity index (χ4v) is 2.64. The normalized spacial score (nSPS) is 16.2. The van der Waals surface area contributed by atoms with E-state index in [-0.39, 0.29) is 11.8 Å². The van der Waals surface area contributed by atoms with E-state index >= 15 is 0 Å². The van der Waals surface area contributed by atoms with E-state index in [1.807, 2.05) is 17.9 Å². The van der Waals surface area contributed by atoms with E-state index < -0.39 is 0 Å². The molecule has 6 heteroatoms. The van der Waals surface area contributed by atoms with Crippen molar-refractivity contribution in [2.45, 2.75) is 33.1 Å². The molecule has 0 unspecified atom stereocenters. The van der Waals surface area contributed by atoms with E-state index in [9.17, 15) is 9.59 Å². The summed E-state index contributed by atoms with van der Waals surface area (Å²) in [5, 5.41) is 4.32. The Kier molecular flexibility index (Phi) is 4.98. The quantitative estimate of drug-likeness (QED) is 0.834. The van der Waals surface area contributed by atoms with Crippen molar-refractivity contribution in [3.8, 4) is 0 Å². The molecule has 2 rings (SSSR count). The molecule has 1 aromatic rings. The Morgan fingerprint density at radius 2 is 2.05 bits per heavy atom. The van der Waals surface area contributed by atoms with Gasteiger partial charge in [-0.15, -0.1) is 0 Å². The summed E-state index contributed by atoms with van der Waals surface area (Å²) in [6.45, 7) is 6.55. The second-order valence-electron chi connectivity index (χ2n) is 5.42. The van der Waals surface area contributed by atoms with E-state index in [4.69, 9.17) is 0 Å². The lowest BCUT2D eigenvalue weighted by atomic mass is 10.2. The van der Waals surface area contributed by atoms with Crippen molar-refractivity contribution in [3.05, 3.63) is 17.5 Å².